The van der Waals surface area contributed by atoms with E-state index >= 15 is 0 Å². The van der Waals surface area contributed by atoms with E-state index in [2.05, 4.69) is 10.3 Å². The van der Waals surface area contributed by atoms with E-state index in [1.165, 1.54) is 0 Å². The topological polar surface area (TPSA) is 61.7 Å². The van der Waals surface area contributed by atoms with Gasteiger partial charge in [0.15, 0.2) is 0 Å². The highest BCUT2D eigenvalue weighted by atomic mass is 16.3. The number of para-hydroxylation sites is 1. The number of phenols is 1. The van der Waals surface area contributed by atoms with E-state index < -0.39 is 0 Å². The zero-order valence-electron chi connectivity index (χ0n) is 11.9. The van der Waals surface area contributed by atoms with Crippen molar-refractivity contribution < 1.29 is 9.90 Å². The smallest absolute Gasteiger partial charge is 0.224 e. The van der Waals surface area contributed by atoms with Gasteiger partial charge in [-0.15, -0.1) is 0 Å². The molecule has 0 fully saturated rings. The largest absolute Gasteiger partial charge is 0.507 e. The van der Waals surface area contributed by atoms with Crippen molar-refractivity contribution in [1.29, 1.82) is 0 Å². The van der Waals surface area contributed by atoms with E-state index in [1.807, 2.05) is 37.3 Å². The van der Waals surface area contributed by atoms with Gasteiger partial charge in [0, 0.05) is 23.9 Å². The van der Waals surface area contributed by atoms with Gasteiger partial charge in [0.05, 0.1) is 5.69 Å². The Morgan fingerprint density at radius 2 is 1.90 bits per heavy atom. The molecule has 0 heterocycles. The molecule has 0 saturated heterocycles. The van der Waals surface area contributed by atoms with Crippen molar-refractivity contribution in [3.8, 4) is 5.75 Å². The molecule has 2 aromatic carbocycles. The first-order valence-corrected chi connectivity index (χ1v) is 6.91. The molecule has 4 heteroatoms. The Morgan fingerprint density at radius 1 is 1.19 bits per heavy atom. The Morgan fingerprint density at radius 3 is 2.57 bits per heavy atom. The van der Waals surface area contributed by atoms with Gasteiger partial charge in [0.25, 0.3) is 0 Å². The van der Waals surface area contributed by atoms with Crippen LogP contribution in [-0.4, -0.2) is 17.2 Å². The summed E-state index contributed by atoms with van der Waals surface area (Å²) in [5.41, 5.74) is 2.18. The summed E-state index contributed by atoms with van der Waals surface area (Å²) in [6.07, 6.45) is 2.96. The molecule has 0 bridgehead atoms. The fourth-order valence-electron chi connectivity index (χ4n) is 1.82. The standard InChI is InChI=1S/C17H18N2O2/c1-2-5-17(21)19-15-10-8-14(9-11-15)18-12-13-6-3-4-7-16(13)20/h3-4,6-12,20H,2,5H2,1H3,(H,19,21). The number of aliphatic imine (C=N–C) groups is 1. The minimum atomic E-state index is 0.0166. The van der Waals surface area contributed by atoms with E-state index in [4.69, 9.17) is 0 Å². The predicted octanol–water partition coefficient (Wildman–Crippen LogP) is 3.88. The van der Waals surface area contributed by atoms with Gasteiger partial charge < -0.3 is 10.4 Å². The summed E-state index contributed by atoms with van der Waals surface area (Å²) in [5.74, 6) is 0.215. The highest BCUT2D eigenvalue weighted by Crippen LogP contribution is 2.18. The van der Waals surface area contributed by atoms with Crippen LogP contribution in [0.4, 0.5) is 11.4 Å². The van der Waals surface area contributed by atoms with Gasteiger partial charge in [0.1, 0.15) is 5.75 Å². The van der Waals surface area contributed by atoms with Crippen LogP contribution >= 0.6 is 0 Å². The summed E-state index contributed by atoms with van der Waals surface area (Å²) in [7, 11) is 0. The second-order valence-corrected chi connectivity index (χ2v) is 4.66. The number of carbonyl (C=O) groups excluding carboxylic acids is 1. The summed E-state index contributed by atoms with van der Waals surface area (Å²) < 4.78 is 0. The third kappa shape index (κ3) is 4.45. The Bertz CT molecular complexity index is 633. The van der Waals surface area contributed by atoms with Crippen LogP contribution in [0.2, 0.25) is 0 Å². The summed E-state index contributed by atoms with van der Waals surface area (Å²) >= 11 is 0. The lowest BCUT2D eigenvalue weighted by atomic mass is 10.2. The van der Waals surface area contributed by atoms with E-state index in [0.717, 1.165) is 17.8 Å². The fraction of sp³-hybridized carbons (Fsp3) is 0.176. The monoisotopic (exact) mass is 282 g/mol. The number of rotatable bonds is 5. The highest BCUT2D eigenvalue weighted by Gasteiger charge is 2.00. The number of nitrogens with zero attached hydrogens (tertiary/aromatic N) is 1. The van der Waals surface area contributed by atoms with Crippen molar-refractivity contribution in [2.45, 2.75) is 19.8 Å². The fourth-order valence-corrected chi connectivity index (χ4v) is 1.82. The average Bonchev–Trinajstić information content (AvgIpc) is 2.48. The maximum atomic E-state index is 11.5. The van der Waals surface area contributed by atoms with Crippen LogP contribution in [-0.2, 0) is 4.79 Å². The third-order valence-corrected chi connectivity index (χ3v) is 2.92. The van der Waals surface area contributed by atoms with E-state index in [9.17, 15) is 9.90 Å². The summed E-state index contributed by atoms with van der Waals surface area (Å²) in [5, 5.41) is 12.5. The summed E-state index contributed by atoms with van der Waals surface area (Å²) in [4.78, 5) is 15.8. The molecule has 2 rings (SSSR count). The number of carbonyl (C=O) groups is 1. The first-order valence-electron chi connectivity index (χ1n) is 6.91. The lowest BCUT2D eigenvalue weighted by molar-refractivity contribution is -0.116. The highest BCUT2D eigenvalue weighted by molar-refractivity contribution is 5.91. The van der Waals surface area contributed by atoms with Crippen molar-refractivity contribution >= 4 is 23.5 Å². The minimum absolute atomic E-state index is 0.0166. The van der Waals surface area contributed by atoms with Crippen molar-refractivity contribution in [3.05, 3.63) is 54.1 Å². The van der Waals surface area contributed by atoms with Gasteiger partial charge in [-0.3, -0.25) is 9.79 Å². The Hall–Kier alpha value is -2.62. The van der Waals surface area contributed by atoms with Crippen molar-refractivity contribution in [1.82, 2.24) is 0 Å². The van der Waals surface area contributed by atoms with Crippen LogP contribution in [0.25, 0.3) is 0 Å². The zero-order valence-corrected chi connectivity index (χ0v) is 11.9. The van der Waals surface area contributed by atoms with Gasteiger partial charge in [-0.05, 0) is 42.8 Å². The van der Waals surface area contributed by atoms with Crippen molar-refractivity contribution in [2.24, 2.45) is 4.99 Å². The Kier molecular flexibility index (Phi) is 5.10. The van der Waals surface area contributed by atoms with Gasteiger partial charge in [-0.2, -0.15) is 0 Å². The molecule has 108 valence electrons. The van der Waals surface area contributed by atoms with Crippen LogP contribution in [0, 0.1) is 0 Å². The normalized spacial score (nSPS) is 10.7. The quantitative estimate of drug-likeness (QED) is 0.817. The molecule has 2 N–H and O–H groups in total. The van der Waals surface area contributed by atoms with Crippen LogP contribution in [0.3, 0.4) is 0 Å². The molecule has 0 atom stereocenters. The number of hydrogen-bond acceptors (Lipinski definition) is 3. The molecule has 0 radical (unpaired) electrons. The minimum Gasteiger partial charge on any atom is -0.507 e. The summed E-state index contributed by atoms with van der Waals surface area (Å²) in [6, 6.07) is 14.3. The van der Waals surface area contributed by atoms with Gasteiger partial charge in [-0.25, -0.2) is 0 Å². The molecule has 4 nitrogen and oxygen atoms in total. The molecule has 0 aliphatic carbocycles. The van der Waals surface area contributed by atoms with Gasteiger partial charge in [0.2, 0.25) is 5.91 Å². The maximum Gasteiger partial charge on any atom is 0.224 e. The predicted molar refractivity (Wildman–Crippen MR) is 85.3 cm³/mol. The number of amides is 1. The molecule has 0 aliphatic rings. The molecule has 2 aromatic rings. The zero-order chi connectivity index (χ0) is 15.1. The molecular formula is C17H18N2O2. The molecule has 1 amide bonds. The third-order valence-electron chi connectivity index (χ3n) is 2.92. The maximum absolute atomic E-state index is 11.5. The number of anilines is 1. The van der Waals surface area contributed by atoms with E-state index in [-0.39, 0.29) is 11.7 Å². The number of nitrogens with one attached hydrogen (secondary N) is 1. The number of benzene rings is 2. The first-order chi connectivity index (χ1) is 10.2. The van der Waals surface area contributed by atoms with Crippen molar-refractivity contribution in [3.63, 3.8) is 0 Å². The second kappa shape index (κ2) is 7.24. The molecule has 21 heavy (non-hydrogen) atoms. The lowest BCUT2D eigenvalue weighted by Gasteiger charge is -2.04. The number of aromatic hydroxyl groups is 1. The van der Waals surface area contributed by atoms with Crippen molar-refractivity contribution in [2.75, 3.05) is 5.32 Å². The first kappa shape index (κ1) is 14.8. The van der Waals surface area contributed by atoms with Gasteiger partial charge in [-0.1, -0.05) is 19.1 Å². The molecule has 0 aromatic heterocycles. The SMILES string of the molecule is CCCC(=O)Nc1ccc(N=Cc2ccccc2O)cc1. The second-order valence-electron chi connectivity index (χ2n) is 4.66. The molecule has 0 unspecified atom stereocenters. The van der Waals surface area contributed by atoms with Crippen LogP contribution in [0.5, 0.6) is 5.75 Å². The molecule has 0 spiro atoms. The average molecular weight is 282 g/mol. The summed E-state index contributed by atoms with van der Waals surface area (Å²) in [6.45, 7) is 1.97. The van der Waals surface area contributed by atoms with Crippen LogP contribution in [0.1, 0.15) is 25.3 Å². The Balaban J connectivity index is 2.02. The van der Waals surface area contributed by atoms with E-state index in [1.54, 1.807) is 24.4 Å². The van der Waals surface area contributed by atoms with Crippen LogP contribution < -0.4 is 5.32 Å². The van der Waals surface area contributed by atoms with E-state index in [0.29, 0.717) is 12.0 Å². The number of phenolic OH excluding ortho intramolecular Hbond substituents is 1. The Labute approximate surface area is 124 Å². The molecule has 0 saturated carbocycles. The molecular weight excluding hydrogens is 264 g/mol. The van der Waals surface area contributed by atoms with Crippen LogP contribution in [0.15, 0.2) is 53.5 Å². The van der Waals surface area contributed by atoms with Gasteiger partial charge >= 0.3 is 0 Å². The number of hydrogen-bond donors (Lipinski definition) is 2. The lowest BCUT2D eigenvalue weighted by Crippen LogP contribution is -2.10. The molecule has 0 aliphatic heterocycles.